The second kappa shape index (κ2) is 10.7. The SMILES string of the molecule is CCc1cc(CNc2n[nH]c(Nc3ccc(N4CCSCC4)cc3)c2C(N)=O)cc(CC)c1O. The Balaban J connectivity index is 1.48. The Kier molecular flexibility index (Phi) is 7.52. The first-order chi connectivity index (χ1) is 16.5. The topological polar surface area (TPSA) is 119 Å². The van der Waals surface area contributed by atoms with Gasteiger partial charge in [0.1, 0.15) is 17.1 Å². The summed E-state index contributed by atoms with van der Waals surface area (Å²) < 4.78 is 0. The van der Waals surface area contributed by atoms with Crippen molar-refractivity contribution in [2.75, 3.05) is 40.1 Å². The normalized spacial score (nSPS) is 13.6. The van der Waals surface area contributed by atoms with Crippen LogP contribution in [-0.2, 0) is 19.4 Å². The monoisotopic (exact) mass is 480 g/mol. The van der Waals surface area contributed by atoms with Crippen molar-refractivity contribution >= 4 is 40.7 Å². The Morgan fingerprint density at radius 1 is 1.15 bits per heavy atom. The molecule has 1 aliphatic rings. The average Bonchev–Trinajstić information content (AvgIpc) is 3.27. The number of phenols is 1. The first-order valence-corrected chi connectivity index (χ1v) is 12.8. The van der Waals surface area contributed by atoms with Crippen molar-refractivity contribution < 1.29 is 9.90 Å². The molecule has 8 nitrogen and oxygen atoms in total. The lowest BCUT2D eigenvalue weighted by molar-refractivity contribution is 0.100. The smallest absolute Gasteiger partial charge is 0.256 e. The molecule has 0 atom stereocenters. The summed E-state index contributed by atoms with van der Waals surface area (Å²) in [5.74, 6) is 2.93. The molecule has 0 radical (unpaired) electrons. The van der Waals surface area contributed by atoms with Crippen LogP contribution in [-0.4, -0.2) is 45.8 Å². The van der Waals surface area contributed by atoms with Crippen LogP contribution in [0.1, 0.15) is 40.9 Å². The zero-order chi connectivity index (χ0) is 24.1. The van der Waals surface area contributed by atoms with Crippen LogP contribution >= 0.6 is 11.8 Å². The van der Waals surface area contributed by atoms with Crippen LogP contribution in [0.15, 0.2) is 36.4 Å². The highest BCUT2D eigenvalue weighted by Gasteiger charge is 2.19. The number of hydrogen-bond acceptors (Lipinski definition) is 7. The van der Waals surface area contributed by atoms with Crippen LogP contribution in [0.3, 0.4) is 0 Å². The molecule has 0 unspecified atom stereocenters. The van der Waals surface area contributed by atoms with Gasteiger partial charge in [0.15, 0.2) is 5.82 Å². The van der Waals surface area contributed by atoms with E-state index in [0.717, 1.165) is 59.8 Å². The number of H-pyrrole nitrogens is 1. The number of phenolic OH excluding ortho intramolecular Hbond substituents is 1. The van der Waals surface area contributed by atoms with Crippen LogP contribution in [0.5, 0.6) is 5.75 Å². The fourth-order valence-corrected chi connectivity index (χ4v) is 5.08. The van der Waals surface area contributed by atoms with Gasteiger partial charge in [0.2, 0.25) is 0 Å². The Hall–Kier alpha value is -3.33. The maximum atomic E-state index is 12.3. The summed E-state index contributed by atoms with van der Waals surface area (Å²) in [5, 5.41) is 24.0. The van der Waals surface area contributed by atoms with Gasteiger partial charge in [-0.15, -0.1) is 0 Å². The van der Waals surface area contributed by atoms with Crippen molar-refractivity contribution in [3.05, 3.63) is 58.7 Å². The number of carbonyl (C=O) groups excluding carboxylic acids is 1. The van der Waals surface area contributed by atoms with Crippen LogP contribution in [0.2, 0.25) is 0 Å². The zero-order valence-electron chi connectivity index (χ0n) is 19.6. The number of nitrogens with zero attached hydrogens (tertiary/aromatic N) is 2. The number of aromatic hydroxyl groups is 1. The van der Waals surface area contributed by atoms with Gasteiger partial charge in [0.25, 0.3) is 5.91 Å². The summed E-state index contributed by atoms with van der Waals surface area (Å²) in [6, 6.07) is 12.1. The van der Waals surface area contributed by atoms with Crippen molar-refractivity contribution in [3.63, 3.8) is 0 Å². The number of amides is 1. The molecule has 1 fully saturated rings. The Morgan fingerprint density at radius 3 is 2.38 bits per heavy atom. The van der Waals surface area contributed by atoms with Gasteiger partial charge < -0.3 is 26.4 Å². The van der Waals surface area contributed by atoms with Gasteiger partial charge in [-0.3, -0.25) is 9.89 Å². The van der Waals surface area contributed by atoms with Crippen molar-refractivity contribution in [1.29, 1.82) is 0 Å². The molecule has 1 aromatic heterocycles. The predicted molar refractivity (Wildman–Crippen MR) is 141 cm³/mol. The molecule has 2 heterocycles. The average molecular weight is 481 g/mol. The number of benzene rings is 2. The van der Waals surface area contributed by atoms with Gasteiger partial charge >= 0.3 is 0 Å². The highest BCUT2D eigenvalue weighted by atomic mass is 32.2. The number of nitrogens with one attached hydrogen (secondary N) is 3. The maximum absolute atomic E-state index is 12.3. The summed E-state index contributed by atoms with van der Waals surface area (Å²) in [6.07, 6.45) is 1.48. The minimum absolute atomic E-state index is 0.280. The van der Waals surface area contributed by atoms with E-state index in [4.69, 9.17) is 5.73 Å². The molecular weight excluding hydrogens is 448 g/mol. The molecule has 1 saturated heterocycles. The minimum Gasteiger partial charge on any atom is -0.507 e. The van der Waals surface area contributed by atoms with E-state index in [1.807, 2.05) is 49.9 Å². The van der Waals surface area contributed by atoms with Gasteiger partial charge in [-0.1, -0.05) is 26.0 Å². The quantitative estimate of drug-likeness (QED) is 0.311. The van der Waals surface area contributed by atoms with Crippen molar-refractivity contribution in [3.8, 4) is 5.75 Å². The van der Waals surface area contributed by atoms with Crippen LogP contribution in [0, 0.1) is 0 Å². The van der Waals surface area contributed by atoms with E-state index in [1.165, 1.54) is 5.69 Å². The van der Waals surface area contributed by atoms with Crippen LogP contribution < -0.4 is 21.3 Å². The standard InChI is InChI=1S/C25H32N6O2S/c1-3-17-13-16(14-18(4-2)22(17)32)15-27-24-21(23(26)33)25(30-29-24)28-19-5-7-20(8-6-19)31-9-11-34-12-10-31/h5-8,13-14,32H,3-4,9-12,15H2,1-2H3,(H2,26,33)(H3,27,28,29,30). The van der Waals surface area contributed by atoms with Gasteiger partial charge in [-0.25, -0.2) is 0 Å². The maximum Gasteiger partial charge on any atom is 0.256 e. The number of primary amides is 1. The first-order valence-electron chi connectivity index (χ1n) is 11.7. The third-order valence-corrected chi connectivity index (χ3v) is 7.02. The lowest BCUT2D eigenvalue weighted by Crippen LogP contribution is -2.32. The first kappa shape index (κ1) is 23.8. The van der Waals surface area contributed by atoms with Gasteiger partial charge in [-0.05, 0) is 53.8 Å². The van der Waals surface area contributed by atoms with E-state index in [2.05, 4.69) is 37.9 Å². The van der Waals surface area contributed by atoms with E-state index < -0.39 is 5.91 Å². The third-order valence-electron chi connectivity index (χ3n) is 6.07. The molecule has 0 spiro atoms. The summed E-state index contributed by atoms with van der Waals surface area (Å²) >= 11 is 1.99. The molecule has 4 rings (SSSR count). The number of nitrogens with two attached hydrogens (primary N) is 1. The lowest BCUT2D eigenvalue weighted by atomic mass is 10.0. The van der Waals surface area contributed by atoms with Gasteiger partial charge in [0.05, 0.1) is 0 Å². The van der Waals surface area contributed by atoms with E-state index in [-0.39, 0.29) is 5.56 Å². The second-order valence-electron chi connectivity index (χ2n) is 8.28. The third kappa shape index (κ3) is 5.25. The molecule has 0 saturated carbocycles. The molecule has 2 aromatic carbocycles. The highest BCUT2D eigenvalue weighted by Crippen LogP contribution is 2.29. The number of aromatic amines is 1. The van der Waals surface area contributed by atoms with Gasteiger partial charge in [-0.2, -0.15) is 16.9 Å². The predicted octanol–water partition coefficient (Wildman–Crippen LogP) is 4.25. The van der Waals surface area contributed by atoms with Gasteiger partial charge in [0, 0.05) is 42.5 Å². The highest BCUT2D eigenvalue weighted by molar-refractivity contribution is 7.99. The van der Waals surface area contributed by atoms with Crippen molar-refractivity contribution in [1.82, 2.24) is 10.2 Å². The fourth-order valence-electron chi connectivity index (χ4n) is 4.18. The molecule has 180 valence electrons. The second-order valence-corrected chi connectivity index (χ2v) is 9.51. The van der Waals surface area contributed by atoms with E-state index in [0.29, 0.717) is 23.9 Å². The Bertz CT molecular complexity index is 1110. The number of aryl methyl sites for hydroxylation is 2. The van der Waals surface area contributed by atoms with E-state index >= 15 is 0 Å². The summed E-state index contributed by atoms with van der Waals surface area (Å²) in [7, 11) is 0. The Morgan fingerprint density at radius 2 is 1.79 bits per heavy atom. The molecule has 1 aliphatic heterocycles. The Labute approximate surface area is 204 Å². The fraction of sp³-hybridized carbons (Fsp3) is 0.360. The van der Waals surface area contributed by atoms with Crippen LogP contribution in [0.4, 0.5) is 23.0 Å². The molecule has 0 bridgehead atoms. The molecule has 34 heavy (non-hydrogen) atoms. The minimum atomic E-state index is -0.574. The van der Waals surface area contributed by atoms with Crippen molar-refractivity contribution in [2.45, 2.75) is 33.2 Å². The number of hydrogen-bond donors (Lipinski definition) is 5. The summed E-state index contributed by atoms with van der Waals surface area (Å²) in [4.78, 5) is 14.6. The lowest BCUT2D eigenvalue weighted by Gasteiger charge is -2.28. The molecule has 1 amide bonds. The molecule has 9 heteroatoms. The van der Waals surface area contributed by atoms with Crippen molar-refractivity contribution in [2.24, 2.45) is 5.73 Å². The number of anilines is 4. The van der Waals surface area contributed by atoms with Crippen LogP contribution in [0.25, 0.3) is 0 Å². The summed E-state index contributed by atoms with van der Waals surface area (Å²) in [5.41, 5.74) is 10.8. The molecular formula is C25H32N6O2S. The number of thioether (sulfide) groups is 1. The summed E-state index contributed by atoms with van der Waals surface area (Å²) in [6.45, 7) is 6.59. The molecule has 6 N–H and O–H groups in total. The number of rotatable bonds is 9. The number of carbonyl (C=O) groups is 1. The molecule has 3 aromatic rings. The zero-order valence-corrected chi connectivity index (χ0v) is 20.5. The van der Waals surface area contributed by atoms with E-state index in [9.17, 15) is 9.90 Å². The van der Waals surface area contributed by atoms with E-state index in [1.54, 1.807) is 0 Å². The molecule has 0 aliphatic carbocycles. The largest absolute Gasteiger partial charge is 0.507 e. The number of aromatic nitrogens is 2.